The van der Waals surface area contributed by atoms with Crippen molar-refractivity contribution >= 4 is 5.91 Å². The van der Waals surface area contributed by atoms with Crippen LogP contribution in [0.25, 0.3) is 0 Å². The van der Waals surface area contributed by atoms with Gasteiger partial charge in [0, 0.05) is 31.7 Å². The summed E-state index contributed by atoms with van der Waals surface area (Å²) in [6.07, 6.45) is 2.65. The van der Waals surface area contributed by atoms with Crippen molar-refractivity contribution in [2.24, 2.45) is 0 Å². The van der Waals surface area contributed by atoms with Gasteiger partial charge in [0.05, 0.1) is 19.3 Å². The molecule has 0 radical (unpaired) electrons. The van der Waals surface area contributed by atoms with Gasteiger partial charge < -0.3 is 15.0 Å². The third kappa shape index (κ3) is 4.16. The molecule has 1 aliphatic carbocycles. The second-order valence-electron chi connectivity index (χ2n) is 5.81. The van der Waals surface area contributed by atoms with Crippen LogP contribution in [0.2, 0.25) is 0 Å². The van der Waals surface area contributed by atoms with Crippen molar-refractivity contribution < 1.29 is 9.53 Å². The maximum atomic E-state index is 12.2. The first-order chi connectivity index (χ1) is 9.09. The Hall–Kier alpha value is -0.650. The minimum Gasteiger partial charge on any atom is -0.378 e. The molecule has 2 aliphatic rings. The molecule has 5 nitrogen and oxygen atoms in total. The first-order valence-corrected chi connectivity index (χ1v) is 7.41. The van der Waals surface area contributed by atoms with Crippen LogP contribution in [0.3, 0.4) is 0 Å². The summed E-state index contributed by atoms with van der Waals surface area (Å²) >= 11 is 0. The second kappa shape index (κ2) is 6.68. The van der Waals surface area contributed by atoms with Crippen LogP contribution in [-0.4, -0.2) is 73.7 Å². The quantitative estimate of drug-likeness (QED) is 0.753. The van der Waals surface area contributed by atoms with Gasteiger partial charge in [0.25, 0.3) is 0 Å². The first kappa shape index (κ1) is 14.8. The fraction of sp³-hybridized carbons (Fsp3) is 0.929. The molecule has 0 aromatic rings. The number of hydrogen-bond acceptors (Lipinski definition) is 4. The van der Waals surface area contributed by atoms with E-state index in [0.717, 1.165) is 25.7 Å². The Labute approximate surface area is 116 Å². The van der Waals surface area contributed by atoms with Gasteiger partial charge in [-0.25, -0.2) is 0 Å². The zero-order chi connectivity index (χ0) is 13.8. The van der Waals surface area contributed by atoms with E-state index in [1.807, 2.05) is 11.8 Å². The number of nitrogens with one attached hydrogen (secondary N) is 1. The van der Waals surface area contributed by atoms with E-state index >= 15 is 0 Å². The summed E-state index contributed by atoms with van der Waals surface area (Å²) in [7, 11) is 2.18. The van der Waals surface area contributed by atoms with Gasteiger partial charge in [0.1, 0.15) is 0 Å². The minimum absolute atomic E-state index is 0.104. The summed E-state index contributed by atoms with van der Waals surface area (Å²) in [5.41, 5.74) is 0. The standard InChI is InChI=1S/C14H27N3O2/c1-11(16(3)13-4-5-13)10-15-12(2)14(18)17-6-8-19-9-7-17/h11-13,15H,4-10H2,1-3H3. The van der Waals surface area contributed by atoms with Gasteiger partial charge in [-0.1, -0.05) is 0 Å². The van der Waals surface area contributed by atoms with E-state index in [9.17, 15) is 4.79 Å². The van der Waals surface area contributed by atoms with Crippen molar-refractivity contribution in [1.29, 1.82) is 0 Å². The third-order valence-electron chi connectivity index (χ3n) is 4.23. The van der Waals surface area contributed by atoms with Crippen molar-refractivity contribution in [3.05, 3.63) is 0 Å². The lowest BCUT2D eigenvalue weighted by atomic mass is 10.2. The largest absolute Gasteiger partial charge is 0.378 e. The SMILES string of the molecule is CC(NCC(C)N(C)C1CC1)C(=O)N1CCOCC1. The number of likely N-dealkylation sites (N-methyl/N-ethyl adjacent to an activating group) is 1. The fourth-order valence-corrected chi connectivity index (χ4v) is 2.48. The zero-order valence-electron chi connectivity index (χ0n) is 12.4. The van der Waals surface area contributed by atoms with Gasteiger partial charge >= 0.3 is 0 Å². The van der Waals surface area contributed by atoms with Gasteiger partial charge in [-0.05, 0) is 33.7 Å². The minimum atomic E-state index is -0.104. The summed E-state index contributed by atoms with van der Waals surface area (Å²) in [6, 6.07) is 1.14. The molecule has 2 atom stereocenters. The molecule has 1 N–H and O–H groups in total. The molecule has 2 unspecified atom stereocenters. The van der Waals surface area contributed by atoms with Crippen molar-refractivity contribution in [2.75, 3.05) is 39.9 Å². The number of rotatable bonds is 6. The summed E-state index contributed by atoms with van der Waals surface area (Å²) in [5, 5.41) is 3.37. The highest BCUT2D eigenvalue weighted by Gasteiger charge is 2.29. The molecule has 0 aromatic heterocycles. The third-order valence-corrected chi connectivity index (χ3v) is 4.23. The predicted octanol–water partition coefficient (Wildman–Crippen LogP) is 0.306. The van der Waals surface area contributed by atoms with E-state index in [1.54, 1.807) is 0 Å². The molecule has 1 saturated heterocycles. The lowest BCUT2D eigenvalue weighted by Gasteiger charge is -2.31. The lowest BCUT2D eigenvalue weighted by Crippen LogP contribution is -2.51. The van der Waals surface area contributed by atoms with Crippen LogP contribution in [0.1, 0.15) is 26.7 Å². The molecule has 1 saturated carbocycles. The van der Waals surface area contributed by atoms with Gasteiger partial charge in [-0.15, -0.1) is 0 Å². The molecule has 0 bridgehead atoms. The molecular weight excluding hydrogens is 242 g/mol. The van der Waals surface area contributed by atoms with E-state index < -0.39 is 0 Å². The van der Waals surface area contributed by atoms with Gasteiger partial charge in [0.15, 0.2) is 0 Å². The first-order valence-electron chi connectivity index (χ1n) is 7.41. The van der Waals surface area contributed by atoms with Crippen LogP contribution in [0.4, 0.5) is 0 Å². The van der Waals surface area contributed by atoms with Crippen LogP contribution in [0, 0.1) is 0 Å². The Balaban J connectivity index is 1.70. The Morgan fingerprint density at radius 2 is 2.00 bits per heavy atom. The molecule has 110 valence electrons. The van der Waals surface area contributed by atoms with Crippen molar-refractivity contribution in [2.45, 2.75) is 44.8 Å². The highest BCUT2D eigenvalue weighted by atomic mass is 16.5. The molecule has 2 fully saturated rings. The number of morpholine rings is 1. The maximum absolute atomic E-state index is 12.2. The summed E-state index contributed by atoms with van der Waals surface area (Å²) in [4.78, 5) is 16.5. The van der Waals surface area contributed by atoms with E-state index in [0.29, 0.717) is 19.3 Å². The molecule has 0 aromatic carbocycles. The highest BCUT2D eigenvalue weighted by Crippen LogP contribution is 2.26. The van der Waals surface area contributed by atoms with E-state index in [1.165, 1.54) is 12.8 Å². The van der Waals surface area contributed by atoms with Crippen LogP contribution >= 0.6 is 0 Å². The monoisotopic (exact) mass is 269 g/mol. The number of carbonyl (C=O) groups excluding carboxylic acids is 1. The predicted molar refractivity (Wildman–Crippen MR) is 75.1 cm³/mol. The molecule has 5 heteroatoms. The summed E-state index contributed by atoms with van der Waals surface area (Å²) in [6.45, 7) is 7.83. The second-order valence-corrected chi connectivity index (χ2v) is 5.81. The molecule has 1 aliphatic heterocycles. The van der Waals surface area contributed by atoms with Crippen LogP contribution < -0.4 is 5.32 Å². The van der Waals surface area contributed by atoms with Gasteiger partial charge in [0.2, 0.25) is 5.91 Å². The van der Waals surface area contributed by atoms with Crippen LogP contribution in [-0.2, 0) is 9.53 Å². The van der Waals surface area contributed by atoms with Crippen molar-refractivity contribution in [3.8, 4) is 0 Å². The van der Waals surface area contributed by atoms with Gasteiger partial charge in [-0.2, -0.15) is 0 Å². The lowest BCUT2D eigenvalue weighted by molar-refractivity contribution is -0.137. The number of carbonyl (C=O) groups is 1. The molecule has 1 heterocycles. The Bertz CT molecular complexity index is 301. The van der Waals surface area contributed by atoms with E-state index in [2.05, 4.69) is 24.2 Å². The molecule has 19 heavy (non-hydrogen) atoms. The van der Waals surface area contributed by atoms with Crippen LogP contribution in [0.15, 0.2) is 0 Å². The Morgan fingerprint density at radius 3 is 2.58 bits per heavy atom. The normalized spacial score (nSPS) is 23.5. The van der Waals surface area contributed by atoms with Crippen LogP contribution in [0.5, 0.6) is 0 Å². The molecule has 0 spiro atoms. The molecular formula is C14H27N3O2. The highest BCUT2D eigenvalue weighted by molar-refractivity contribution is 5.81. The number of amides is 1. The zero-order valence-corrected chi connectivity index (χ0v) is 12.4. The summed E-state index contributed by atoms with van der Waals surface area (Å²) in [5.74, 6) is 0.199. The van der Waals surface area contributed by atoms with E-state index in [4.69, 9.17) is 4.74 Å². The maximum Gasteiger partial charge on any atom is 0.239 e. The number of hydrogen-bond donors (Lipinski definition) is 1. The number of nitrogens with zero attached hydrogens (tertiary/aromatic N) is 2. The Morgan fingerprint density at radius 1 is 1.37 bits per heavy atom. The van der Waals surface area contributed by atoms with Crippen molar-refractivity contribution in [3.63, 3.8) is 0 Å². The number of ether oxygens (including phenoxy) is 1. The average molecular weight is 269 g/mol. The molecule has 2 rings (SSSR count). The average Bonchev–Trinajstić information content (AvgIpc) is 3.28. The molecule has 1 amide bonds. The van der Waals surface area contributed by atoms with Crippen molar-refractivity contribution in [1.82, 2.24) is 15.1 Å². The van der Waals surface area contributed by atoms with Gasteiger partial charge in [-0.3, -0.25) is 9.69 Å². The fourth-order valence-electron chi connectivity index (χ4n) is 2.48. The topological polar surface area (TPSA) is 44.8 Å². The summed E-state index contributed by atoms with van der Waals surface area (Å²) < 4.78 is 5.27. The Kier molecular flexibility index (Phi) is 5.19. The smallest absolute Gasteiger partial charge is 0.239 e. The van der Waals surface area contributed by atoms with E-state index in [-0.39, 0.29) is 11.9 Å².